The third-order valence-corrected chi connectivity index (χ3v) is 16.0. The van der Waals surface area contributed by atoms with Gasteiger partial charge in [-0.2, -0.15) is 0 Å². The second-order valence-corrected chi connectivity index (χ2v) is 19.9. The highest BCUT2D eigenvalue weighted by Gasteiger charge is 2.32. The van der Waals surface area contributed by atoms with Crippen LogP contribution in [0.5, 0.6) is 0 Å². The quantitative estimate of drug-likeness (QED) is 0.127. The Hall–Kier alpha value is -4.75. The maximum atomic E-state index is 7.47. The van der Waals surface area contributed by atoms with Gasteiger partial charge in [-0.25, -0.2) is 0 Å². The molecule has 10 aromatic carbocycles. The van der Waals surface area contributed by atoms with Crippen LogP contribution in [0.3, 0.4) is 0 Å². The smallest absolute Gasteiger partial charge is 0.128 e. The third-order valence-electron chi connectivity index (χ3n) is 16.0. The molecule has 31 heteroatoms. The Morgan fingerprint density at radius 2 is 0.296 bits per heavy atom. The number of furan rings is 1. The van der Waals surface area contributed by atoms with Crippen molar-refractivity contribution >= 4 is 475 Å². The zero-order valence-corrected chi connectivity index (χ0v) is 42.7. The van der Waals surface area contributed by atoms with Gasteiger partial charge in [-0.3, -0.25) is 0 Å². The van der Waals surface area contributed by atoms with Crippen molar-refractivity contribution in [1.82, 2.24) is 0 Å². The standard InChI is InChI=1S/C50B30O/c51-19-14(30(62)31(63)17-16(19)33(65)45(77)46(78)34(17)66)10-9-8(27(59)41(73)42(74)28(9)60)5(21(53)22(10)54)1-3-6(25(57)39(71)37(69)23(3)55)2(7-4(1)24(56)38(70)40(72)26(7)58)13-20(52)18-12-11-15(32(64)44(76)43(75)29(11)61)36(68)47(79)49(12)81-50(18)48(80)35(13)67. The van der Waals surface area contributed by atoms with Gasteiger partial charge in [0.25, 0.3) is 0 Å². The Balaban J connectivity index is 1.44. The minimum Gasteiger partial charge on any atom is -0.457 e. The highest BCUT2D eigenvalue weighted by molar-refractivity contribution is 6.78. The number of hydrogen-bond acceptors (Lipinski definition) is 1. The number of hydrogen-bond donors (Lipinski definition) is 0. The zero-order valence-electron chi connectivity index (χ0n) is 42.7. The summed E-state index contributed by atoms with van der Waals surface area (Å²) >= 11 is 0. The first-order valence-electron chi connectivity index (χ1n) is 23.8. The molecule has 0 saturated heterocycles. The molecule has 0 atom stereocenters. The van der Waals surface area contributed by atoms with Crippen LogP contribution >= 0.6 is 0 Å². The molecule has 0 aliphatic carbocycles. The fourth-order valence-electron chi connectivity index (χ4n) is 11.8. The van der Waals surface area contributed by atoms with Gasteiger partial charge in [-0.05, 0) is 87.2 Å². The number of benzene rings is 10. The van der Waals surface area contributed by atoms with E-state index in [0.29, 0.717) is 0 Å². The van der Waals surface area contributed by atoms with Gasteiger partial charge in [-0.15, -0.1) is 54.6 Å². The first-order chi connectivity index (χ1) is 37.8. The van der Waals surface area contributed by atoms with Gasteiger partial charge in [0.1, 0.15) is 247 Å². The normalized spacial score (nSPS) is 12.0. The van der Waals surface area contributed by atoms with Crippen LogP contribution in [0, 0.1) is 0 Å². The lowest BCUT2D eigenvalue weighted by atomic mass is 9.55. The maximum absolute atomic E-state index is 7.47. The molecule has 0 saturated carbocycles. The van der Waals surface area contributed by atoms with Crippen molar-refractivity contribution in [1.29, 1.82) is 0 Å². The highest BCUT2D eigenvalue weighted by Crippen LogP contribution is 2.43. The summed E-state index contributed by atoms with van der Waals surface area (Å²) in [5, 5.41) is 0.185. The average molecular weight is 941 g/mol. The summed E-state index contributed by atoms with van der Waals surface area (Å²) in [5.74, 6) is 0. The lowest BCUT2D eigenvalue weighted by molar-refractivity contribution is 0.675. The second-order valence-electron chi connectivity index (χ2n) is 19.9. The van der Waals surface area contributed by atoms with E-state index in [2.05, 4.69) is 0 Å². The van der Waals surface area contributed by atoms with Crippen LogP contribution in [0.2, 0.25) is 0 Å². The molecule has 1 aromatic heterocycles. The van der Waals surface area contributed by atoms with E-state index in [0.717, 1.165) is 0 Å². The summed E-state index contributed by atoms with van der Waals surface area (Å²) in [7, 11) is 206. The van der Waals surface area contributed by atoms with E-state index in [4.69, 9.17) is 240 Å². The Bertz CT molecular complexity index is 4850. The molecule has 1 heterocycles. The molecule has 60 radical (unpaired) electrons. The van der Waals surface area contributed by atoms with E-state index in [1.54, 1.807) is 0 Å². The third kappa shape index (κ3) is 7.30. The van der Waals surface area contributed by atoms with Gasteiger partial charge in [0.05, 0.1) is 0 Å². The van der Waals surface area contributed by atoms with Gasteiger partial charge >= 0.3 is 0 Å². The molecule has 296 valence electrons. The Labute approximate surface area is 509 Å². The van der Waals surface area contributed by atoms with E-state index < -0.39 is 0 Å². The molecule has 11 aromatic rings. The van der Waals surface area contributed by atoms with Crippen LogP contribution in [0.15, 0.2) is 4.42 Å². The first kappa shape index (κ1) is 58.0. The average Bonchev–Trinajstić information content (AvgIpc) is 4.10. The SMILES string of the molecule is [B]c1c(-c2c3c([B])c([B])c([B])c([B])c3c(-c3c([B])c([B])c(-c4c([B])c([B])c5c([B])c([B])c([B])c([B])c5c4[B])c4c([B])c([B])c([B])c([B])c34)c3c([B])c([B])c([B])c([B])c23)c([B])c2c(oc3c([B])c([B])c4c([B])c([B])c([B])c([B])c4c32)c1[B]. The van der Waals surface area contributed by atoms with Gasteiger partial charge in [0, 0.05) is 10.8 Å². The Morgan fingerprint density at radius 1 is 0.111 bits per heavy atom. The molecule has 11 rings (SSSR count). The molecule has 0 amide bonds. The monoisotopic (exact) mass is 946 g/mol. The van der Waals surface area contributed by atoms with Crippen LogP contribution in [0.25, 0.3) is 109 Å². The molecule has 0 aliphatic heterocycles. The molecular weight excluding hydrogens is 941 g/mol. The summed E-state index contributed by atoms with van der Waals surface area (Å²) in [6, 6.07) is 0. The predicted molar refractivity (Wildman–Crippen MR) is 379 cm³/mol. The summed E-state index contributed by atoms with van der Waals surface area (Å²) < 4.78 is 6.40. The van der Waals surface area contributed by atoms with Crippen molar-refractivity contribution in [2.45, 2.75) is 0 Å². The minimum atomic E-state index is -0.304. The maximum Gasteiger partial charge on any atom is 0.128 e. The van der Waals surface area contributed by atoms with E-state index in [-0.39, 0.29) is 273 Å². The molecule has 0 fully saturated rings. The van der Waals surface area contributed by atoms with Crippen molar-refractivity contribution in [2.24, 2.45) is 0 Å². The van der Waals surface area contributed by atoms with Crippen LogP contribution < -0.4 is 164 Å². The topological polar surface area (TPSA) is 13.1 Å². The summed E-state index contributed by atoms with van der Waals surface area (Å²) in [6.07, 6.45) is 0. The lowest BCUT2D eigenvalue weighted by Crippen LogP contribution is -2.53. The molecule has 0 N–H and O–H groups in total. The predicted octanol–water partition coefficient (Wildman–Crippen LogP) is -21.8. The van der Waals surface area contributed by atoms with E-state index in [1.807, 2.05) is 0 Å². The van der Waals surface area contributed by atoms with Crippen molar-refractivity contribution in [2.75, 3.05) is 0 Å². The van der Waals surface area contributed by atoms with Gasteiger partial charge in [0.2, 0.25) is 0 Å². The molecule has 81 heavy (non-hydrogen) atoms. The Morgan fingerprint density at radius 3 is 0.667 bits per heavy atom. The van der Waals surface area contributed by atoms with Crippen molar-refractivity contribution in [3.8, 4) is 33.4 Å². The van der Waals surface area contributed by atoms with Gasteiger partial charge in [-0.1, -0.05) is 109 Å². The lowest BCUT2D eigenvalue weighted by Gasteiger charge is -2.33. The molecule has 0 unspecified atom stereocenters. The van der Waals surface area contributed by atoms with Crippen LogP contribution in [-0.4, -0.2) is 235 Å². The Kier molecular flexibility index (Phi) is 13.9. The zero-order chi connectivity index (χ0) is 59.6. The second kappa shape index (κ2) is 19.4. The van der Waals surface area contributed by atoms with Crippen molar-refractivity contribution in [3.63, 3.8) is 0 Å². The number of fused-ring (bicyclic) bond motifs is 9. The van der Waals surface area contributed by atoms with Gasteiger partial charge in [0.15, 0.2) is 0 Å². The first-order valence-corrected chi connectivity index (χ1v) is 23.8. The van der Waals surface area contributed by atoms with Crippen molar-refractivity contribution in [3.05, 3.63) is 0 Å². The van der Waals surface area contributed by atoms with E-state index in [9.17, 15) is 0 Å². The van der Waals surface area contributed by atoms with Crippen molar-refractivity contribution < 1.29 is 4.42 Å². The van der Waals surface area contributed by atoms with Crippen LogP contribution in [-0.2, 0) is 0 Å². The summed E-state index contributed by atoms with van der Waals surface area (Å²) in [5.41, 5.74) is -5.92. The van der Waals surface area contributed by atoms with E-state index >= 15 is 0 Å². The molecule has 0 bridgehead atoms. The molecule has 0 spiro atoms. The summed E-state index contributed by atoms with van der Waals surface area (Å²) in [4.78, 5) is 0. The fraction of sp³-hybridized carbons (Fsp3) is 0. The van der Waals surface area contributed by atoms with Crippen LogP contribution in [0.1, 0.15) is 0 Å². The largest absolute Gasteiger partial charge is 0.457 e. The van der Waals surface area contributed by atoms with Gasteiger partial charge < -0.3 is 4.42 Å². The molecular formula is C50B30O. The highest BCUT2D eigenvalue weighted by atomic mass is 16.3. The molecule has 1 nitrogen and oxygen atoms in total. The fourth-order valence-corrected chi connectivity index (χ4v) is 11.8. The number of rotatable bonds is 3. The van der Waals surface area contributed by atoms with E-state index in [1.165, 1.54) is 0 Å². The summed E-state index contributed by atoms with van der Waals surface area (Å²) in [6.45, 7) is 0. The minimum absolute atomic E-state index is 0.0386. The van der Waals surface area contributed by atoms with Crippen LogP contribution in [0.4, 0.5) is 0 Å². The molecule has 0 aliphatic rings.